The van der Waals surface area contributed by atoms with Crippen molar-refractivity contribution in [2.75, 3.05) is 19.0 Å². The summed E-state index contributed by atoms with van der Waals surface area (Å²) < 4.78 is 18.5. The molecule has 6 heteroatoms. The number of rotatable bonds is 7. The van der Waals surface area contributed by atoms with Crippen LogP contribution in [0.3, 0.4) is 0 Å². The largest absolute Gasteiger partial charge is 0.494 e. The number of methoxy groups -OCH3 is 1. The van der Waals surface area contributed by atoms with Crippen molar-refractivity contribution in [1.82, 2.24) is 5.32 Å². The van der Waals surface area contributed by atoms with Gasteiger partial charge in [-0.3, -0.25) is 4.79 Å². The summed E-state index contributed by atoms with van der Waals surface area (Å²) in [7, 11) is 1.41. The molecule has 0 saturated carbocycles. The lowest BCUT2D eigenvalue weighted by Crippen LogP contribution is -2.38. The highest BCUT2D eigenvalue weighted by Gasteiger charge is 2.13. The summed E-state index contributed by atoms with van der Waals surface area (Å²) in [6.45, 7) is 2.32. The number of hydrogen-bond acceptors (Lipinski definition) is 4. The molecule has 0 unspecified atom stereocenters. The molecule has 0 aliphatic rings. The Morgan fingerprint density at radius 2 is 2.23 bits per heavy atom. The molecule has 0 spiro atoms. The van der Waals surface area contributed by atoms with E-state index in [-0.39, 0.29) is 11.7 Å². The van der Waals surface area contributed by atoms with Crippen molar-refractivity contribution in [3.63, 3.8) is 0 Å². The summed E-state index contributed by atoms with van der Waals surface area (Å²) in [6, 6.07) is 8.10. The molecule has 118 valence electrons. The van der Waals surface area contributed by atoms with E-state index in [9.17, 15) is 9.18 Å². The average molecular weight is 322 g/mol. The summed E-state index contributed by atoms with van der Waals surface area (Å²) in [4.78, 5) is 13.2. The molecule has 0 aliphatic heterocycles. The van der Waals surface area contributed by atoms with Gasteiger partial charge < -0.3 is 15.4 Å². The Morgan fingerprint density at radius 1 is 1.41 bits per heavy atom. The van der Waals surface area contributed by atoms with E-state index in [1.165, 1.54) is 24.1 Å². The first-order valence-electron chi connectivity index (χ1n) is 7.00. The van der Waals surface area contributed by atoms with Gasteiger partial charge in [-0.05, 0) is 36.9 Å². The lowest BCUT2D eigenvalue weighted by Gasteiger charge is -2.15. The highest BCUT2D eigenvalue weighted by atomic mass is 32.1. The highest BCUT2D eigenvalue weighted by Crippen LogP contribution is 2.21. The molecule has 0 aliphatic carbocycles. The first-order chi connectivity index (χ1) is 10.6. The van der Waals surface area contributed by atoms with Crippen LogP contribution in [0.2, 0.25) is 0 Å². The van der Waals surface area contributed by atoms with Crippen LogP contribution >= 0.6 is 11.3 Å². The molecule has 1 aromatic heterocycles. The van der Waals surface area contributed by atoms with E-state index < -0.39 is 11.9 Å². The first-order valence-corrected chi connectivity index (χ1v) is 7.88. The van der Waals surface area contributed by atoms with E-state index in [1.807, 2.05) is 17.5 Å². The van der Waals surface area contributed by atoms with Gasteiger partial charge in [0.25, 0.3) is 0 Å². The maximum Gasteiger partial charge on any atom is 0.242 e. The maximum absolute atomic E-state index is 13.6. The van der Waals surface area contributed by atoms with Gasteiger partial charge in [-0.15, -0.1) is 11.3 Å². The number of anilines is 1. The molecular weight excluding hydrogens is 303 g/mol. The topological polar surface area (TPSA) is 50.4 Å². The molecule has 22 heavy (non-hydrogen) atoms. The van der Waals surface area contributed by atoms with Crippen molar-refractivity contribution in [2.45, 2.75) is 19.4 Å². The van der Waals surface area contributed by atoms with Crippen LogP contribution in [0, 0.1) is 5.82 Å². The van der Waals surface area contributed by atoms with Crippen LogP contribution in [-0.4, -0.2) is 25.6 Å². The summed E-state index contributed by atoms with van der Waals surface area (Å²) in [5, 5.41) is 7.85. The van der Waals surface area contributed by atoms with Crippen LogP contribution in [0.5, 0.6) is 5.75 Å². The SMILES string of the molecule is COc1ccc(N[C@@H](C)C(=O)NCCc2cccs2)cc1F. The Hall–Kier alpha value is -2.08. The van der Waals surface area contributed by atoms with Gasteiger partial charge in [0, 0.05) is 23.2 Å². The Kier molecular flexibility index (Phi) is 5.77. The minimum Gasteiger partial charge on any atom is -0.494 e. The minimum atomic E-state index is -0.460. The molecular formula is C16H19FN2O2S. The fourth-order valence-corrected chi connectivity index (χ4v) is 2.70. The first kappa shape index (κ1) is 16.3. The molecule has 0 bridgehead atoms. The number of nitrogens with one attached hydrogen (secondary N) is 2. The molecule has 2 N–H and O–H groups in total. The van der Waals surface area contributed by atoms with Crippen LogP contribution in [0.15, 0.2) is 35.7 Å². The summed E-state index contributed by atoms with van der Waals surface area (Å²) in [5.74, 6) is -0.399. The van der Waals surface area contributed by atoms with E-state index in [0.717, 1.165) is 6.42 Å². The van der Waals surface area contributed by atoms with Gasteiger partial charge in [-0.2, -0.15) is 0 Å². The third kappa shape index (κ3) is 4.46. The van der Waals surface area contributed by atoms with Crippen molar-refractivity contribution in [1.29, 1.82) is 0 Å². The average Bonchev–Trinajstić information content (AvgIpc) is 3.00. The van der Waals surface area contributed by atoms with Crippen molar-refractivity contribution in [3.8, 4) is 5.75 Å². The molecule has 0 fully saturated rings. The molecule has 0 saturated heterocycles. The lowest BCUT2D eigenvalue weighted by molar-refractivity contribution is -0.121. The number of carbonyl (C=O) groups is 1. The number of halogens is 1. The summed E-state index contributed by atoms with van der Waals surface area (Å²) in [6.07, 6.45) is 0.813. The molecule has 1 amide bonds. The molecule has 2 rings (SSSR count). The smallest absolute Gasteiger partial charge is 0.242 e. The van der Waals surface area contributed by atoms with Crippen LogP contribution in [0.25, 0.3) is 0 Å². The lowest BCUT2D eigenvalue weighted by atomic mass is 10.2. The second-order valence-corrected chi connectivity index (χ2v) is 5.87. The van der Waals surface area contributed by atoms with Crippen molar-refractivity contribution >= 4 is 22.9 Å². The quantitative estimate of drug-likeness (QED) is 0.824. The van der Waals surface area contributed by atoms with Gasteiger partial charge in [-0.1, -0.05) is 6.07 Å². The van der Waals surface area contributed by atoms with E-state index in [1.54, 1.807) is 24.3 Å². The monoisotopic (exact) mass is 322 g/mol. The van der Waals surface area contributed by atoms with Crippen LogP contribution < -0.4 is 15.4 Å². The molecule has 4 nitrogen and oxygen atoms in total. The minimum absolute atomic E-state index is 0.118. The van der Waals surface area contributed by atoms with Gasteiger partial charge >= 0.3 is 0 Å². The Morgan fingerprint density at radius 3 is 2.86 bits per heavy atom. The second kappa shape index (κ2) is 7.79. The number of hydrogen-bond donors (Lipinski definition) is 2. The van der Waals surface area contributed by atoms with E-state index in [2.05, 4.69) is 10.6 Å². The van der Waals surface area contributed by atoms with Gasteiger partial charge in [0.2, 0.25) is 5.91 Å². The van der Waals surface area contributed by atoms with E-state index >= 15 is 0 Å². The summed E-state index contributed by atoms with van der Waals surface area (Å²) in [5.41, 5.74) is 0.541. The molecule has 1 heterocycles. The van der Waals surface area contributed by atoms with Gasteiger partial charge in [0.05, 0.1) is 7.11 Å². The fourth-order valence-electron chi connectivity index (χ4n) is 1.99. The number of ether oxygens (including phenoxy) is 1. The number of benzene rings is 1. The third-order valence-corrected chi connectivity index (χ3v) is 4.12. The van der Waals surface area contributed by atoms with Gasteiger partial charge in [0.1, 0.15) is 6.04 Å². The van der Waals surface area contributed by atoms with Gasteiger partial charge in [-0.25, -0.2) is 4.39 Å². The zero-order valence-corrected chi connectivity index (χ0v) is 13.4. The highest BCUT2D eigenvalue weighted by molar-refractivity contribution is 7.09. The van der Waals surface area contributed by atoms with E-state index in [4.69, 9.17) is 4.74 Å². The maximum atomic E-state index is 13.6. The zero-order valence-electron chi connectivity index (χ0n) is 12.6. The van der Waals surface area contributed by atoms with Crippen molar-refractivity contribution < 1.29 is 13.9 Å². The fraction of sp³-hybridized carbons (Fsp3) is 0.312. The van der Waals surface area contributed by atoms with Crippen LogP contribution in [-0.2, 0) is 11.2 Å². The Balaban J connectivity index is 1.81. The van der Waals surface area contributed by atoms with Crippen molar-refractivity contribution in [2.24, 2.45) is 0 Å². The molecule has 0 radical (unpaired) electrons. The van der Waals surface area contributed by atoms with E-state index in [0.29, 0.717) is 12.2 Å². The summed E-state index contributed by atoms with van der Waals surface area (Å²) >= 11 is 1.67. The second-order valence-electron chi connectivity index (χ2n) is 4.84. The van der Waals surface area contributed by atoms with Crippen LogP contribution in [0.1, 0.15) is 11.8 Å². The standard InChI is InChI=1S/C16H19FN2O2S/c1-11(16(20)18-8-7-13-4-3-9-22-13)19-12-5-6-15(21-2)14(17)10-12/h3-6,9-11,19H,7-8H2,1-2H3,(H,18,20)/t11-/m0/s1. The van der Waals surface area contributed by atoms with Crippen molar-refractivity contribution in [3.05, 3.63) is 46.4 Å². The molecule has 1 atom stereocenters. The molecule has 1 aromatic carbocycles. The normalized spacial score (nSPS) is 11.8. The zero-order chi connectivity index (χ0) is 15.9. The number of amides is 1. The van der Waals surface area contributed by atoms with Gasteiger partial charge in [0.15, 0.2) is 11.6 Å². The Bertz CT molecular complexity index is 617. The third-order valence-electron chi connectivity index (χ3n) is 3.18. The predicted molar refractivity (Wildman–Crippen MR) is 87.1 cm³/mol. The number of thiophene rings is 1. The number of carbonyl (C=O) groups excluding carboxylic acids is 1. The Labute approximate surface area is 133 Å². The molecule has 2 aromatic rings. The predicted octanol–water partition coefficient (Wildman–Crippen LogP) is 3.06. The van der Waals surface area contributed by atoms with Crippen LogP contribution in [0.4, 0.5) is 10.1 Å².